The smallest absolute Gasteiger partial charge is 0.423 e. The fraction of sp³-hybridized carbons (Fsp3) is 0.500. The first-order valence-electron chi connectivity index (χ1n) is 4.05. The topological polar surface area (TPSA) is 61.8 Å². The highest BCUT2D eigenvalue weighted by Gasteiger charge is 2.28. The number of carbonyl (C=O) groups excluding carboxylic acids is 2. The number of thioether (sulfide) groups is 1. The summed E-state index contributed by atoms with van der Waals surface area (Å²) < 4.78 is 13.9. The van der Waals surface area contributed by atoms with Crippen molar-refractivity contribution in [1.82, 2.24) is 0 Å². The van der Waals surface area contributed by atoms with Gasteiger partial charge in [-0.15, -0.1) is 0 Å². The quantitative estimate of drug-likeness (QED) is 0.523. The first kappa shape index (κ1) is 10.9. The molecule has 0 aliphatic carbocycles. The largest absolute Gasteiger partial charge is 0.514 e. The van der Waals surface area contributed by atoms with Crippen LogP contribution in [0.3, 0.4) is 0 Å². The van der Waals surface area contributed by atoms with Crippen molar-refractivity contribution in [3.63, 3.8) is 0 Å². The van der Waals surface area contributed by atoms with Crippen molar-refractivity contribution in [2.75, 3.05) is 5.75 Å². The van der Waals surface area contributed by atoms with Gasteiger partial charge in [-0.05, 0) is 18.7 Å². The third-order valence-electron chi connectivity index (χ3n) is 1.41. The SMILES string of the molecule is CCSC(=O)OC=C1OC(=O)OC1C. The molecule has 0 aromatic rings. The molecule has 1 unspecified atom stereocenters. The number of rotatable bonds is 2. The Morgan fingerprint density at radius 1 is 1.71 bits per heavy atom. The van der Waals surface area contributed by atoms with Crippen molar-refractivity contribution in [2.24, 2.45) is 0 Å². The lowest BCUT2D eigenvalue weighted by atomic mass is 10.4. The molecule has 0 amide bonds. The molecule has 1 aliphatic heterocycles. The van der Waals surface area contributed by atoms with Crippen molar-refractivity contribution >= 4 is 23.2 Å². The van der Waals surface area contributed by atoms with Gasteiger partial charge >= 0.3 is 11.5 Å². The van der Waals surface area contributed by atoms with Gasteiger partial charge < -0.3 is 14.2 Å². The standard InChI is InChI=1S/C8H10O5S/c1-3-14-8(10)11-4-6-5(2)12-7(9)13-6/h4-5H,3H2,1-2H3. The van der Waals surface area contributed by atoms with E-state index in [1.165, 1.54) is 0 Å². The predicted octanol–water partition coefficient (Wildman–Crippen LogP) is 2.27. The molecule has 5 nitrogen and oxygen atoms in total. The first-order chi connectivity index (χ1) is 6.63. The van der Waals surface area contributed by atoms with E-state index in [0.29, 0.717) is 5.75 Å². The van der Waals surface area contributed by atoms with Crippen LogP contribution in [0.15, 0.2) is 12.0 Å². The molecule has 1 heterocycles. The van der Waals surface area contributed by atoms with Gasteiger partial charge in [0.05, 0.1) is 0 Å². The molecule has 0 N–H and O–H groups in total. The van der Waals surface area contributed by atoms with Gasteiger partial charge in [-0.25, -0.2) is 9.59 Å². The van der Waals surface area contributed by atoms with Crippen molar-refractivity contribution in [2.45, 2.75) is 20.0 Å². The molecule has 14 heavy (non-hydrogen) atoms. The molecule has 0 radical (unpaired) electrons. The van der Waals surface area contributed by atoms with Gasteiger partial charge in [-0.1, -0.05) is 6.92 Å². The minimum Gasteiger partial charge on any atom is -0.423 e. The van der Waals surface area contributed by atoms with Gasteiger partial charge in [0.25, 0.3) is 0 Å². The van der Waals surface area contributed by atoms with Gasteiger partial charge in [0.1, 0.15) is 6.26 Å². The van der Waals surface area contributed by atoms with Crippen molar-refractivity contribution in [1.29, 1.82) is 0 Å². The molecule has 6 heteroatoms. The Bertz CT molecular complexity index is 273. The molecule has 0 spiro atoms. The van der Waals surface area contributed by atoms with E-state index in [1.54, 1.807) is 6.92 Å². The van der Waals surface area contributed by atoms with E-state index in [9.17, 15) is 9.59 Å². The fourth-order valence-corrected chi connectivity index (χ4v) is 1.14. The second kappa shape index (κ2) is 4.90. The summed E-state index contributed by atoms with van der Waals surface area (Å²) in [6, 6.07) is 0. The highest BCUT2D eigenvalue weighted by Crippen LogP contribution is 2.18. The van der Waals surface area contributed by atoms with Crippen LogP contribution in [-0.2, 0) is 14.2 Å². The zero-order chi connectivity index (χ0) is 10.6. The number of hydrogen-bond donors (Lipinski definition) is 0. The molecule has 1 atom stereocenters. The van der Waals surface area contributed by atoms with E-state index in [2.05, 4.69) is 14.2 Å². The molecular weight excluding hydrogens is 208 g/mol. The zero-order valence-corrected chi connectivity index (χ0v) is 8.63. The Morgan fingerprint density at radius 3 is 2.93 bits per heavy atom. The van der Waals surface area contributed by atoms with Crippen LogP contribution in [0.4, 0.5) is 9.59 Å². The molecule has 1 fully saturated rings. The molecule has 0 bridgehead atoms. The minimum absolute atomic E-state index is 0.208. The molecule has 0 saturated carbocycles. The molecule has 0 aromatic carbocycles. The monoisotopic (exact) mass is 218 g/mol. The summed E-state index contributed by atoms with van der Waals surface area (Å²) in [5.41, 5.74) is 0. The Morgan fingerprint density at radius 2 is 2.43 bits per heavy atom. The molecule has 1 aliphatic rings. The second-order valence-corrected chi connectivity index (χ2v) is 3.63. The maximum atomic E-state index is 10.9. The van der Waals surface area contributed by atoms with Crippen molar-refractivity contribution < 1.29 is 23.8 Å². The lowest BCUT2D eigenvalue weighted by Crippen LogP contribution is -2.02. The van der Waals surface area contributed by atoms with Crippen molar-refractivity contribution in [3.05, 3.63) is 12.0 Å². The summed E-state index contributed by atoms with van der Waals surface area (Å²) in [6.45, 7) is 3.46. The Balaban J connectivity index is 2.44. The summed E-state index contributed by atoms with van der Waals surface area (Å²) in [5, 5.41) is -0.435. The first-order valence-corrected chi connectivity index (χ1v) is 5.04. The number of hydrogen-bond acceptors (Lipinski definition) is 6. The van der Waals surface area contributed by atoms with Crippen LogP contribution in [0.1, 0.15) is 13.8 Å². The number of cyclic esters (lactones) is 2. The second-order valence-electron chi connectivity index (χ2n) is 2.43. The number of carbonyl (C=O) groups is 2. The molecule has 0 aromatic heterocycles. The van der Waals surface area contributed by atoms with E-state index < -0.39 is 17.6 Å². The van der Waals surface area contributed by atoms with Crippen LogP contribution in [0.25, 0.3) is 0 Å². The van der Waals surface area contributed by atoms with Gasteiger partial charge in [-0.3, -0.25) is 0 Å². The summed E-state index contributed by atoms with van der Waals surface area (Å²) in [6.07, 6.45) is -0.175. The van der Waals surface area contributed by atoms with Crippen LogP contribution < -0.4 is 0 Å². The van der Waals surface area contributed by atoms with E-state index >= 15 is 0 Å². The van der Waals surface area contributed by atoms with Crippen molar-refractivity contribution in [3.8, 4) is 0 Å². The van der Waals surface area contributed by atoms with Gasteiger partial charge in [0.2, 0.25) is 0 Å². The third kappa shape index (κ3) is 2.95. The van der Waals surface area contributed by atoms with Gasteiger partial charge in [0.15, 0.2) is 11.9 Å². The van der Waals surface area contributed by atoms with E-state index in [-0.39, 0.29) is 5.76 Å². The van der Waals surface area contributed by atoms with Gasteiger partial charge in [0, 0.05) is 5.75 Å². The van der Waals surface area contributed by atoms with Crippen LogP contribution in [0, 0.1) is 0 Å². The lowest BCUT2D eigenvalue weighted by Gasteiger charge is -1.99. The molecular formula is C8H10O5S. The minimum atomic E-state index is -0.775. The molecule has 1 rings (SSSR count). The lowest BCUT2D eigenvalue weighted by molar-refractivity contribution is 0.122. The molecule has 1 saturated heterocycles. The zero-order valence-electron chi connectivity index (χ0n) is 7.81. The van der Waals surface area contributed by atoms with Gasteiger partial charge in [-0.2, -0.15) is 0 Å². The van der Waals surface area contributed by atoms with Crippen LogP contribution in [0.2, 0.25) is 0 Å². The summed E-state index contributed by atoms with van der Waals surface area (Å²) >= 11 is 1.03. The average molecular weight is 218 g/mol. The summed E-state index contributed by atoms with van der Waals surface area (Å²) in [5.74, 6) is 0.841. The highest BCUT2D eigenvalue weighted by molar-refractivity contribution is 8.13. The Kier molecular flexibility index (Phi) is 3.82. The van der Waals surface area contributed by atoms with E-state index in [0.717, 1.165) is 18.0 Å². The van der Waals surface area contributed by atoms with Crippen LogP contribution >= 0.6 is 11.8 Å². The Hall–Kier alpha value is -1.17. The highest BCUT2D eigenvalue weighted by atomic mass is 32.2. The van der Waals surface area contributed by atoms with Crippen LogP contribution in [0.5, 0.6) is 0 Å². The van der Waals surface area contributed by atoms with E-state index in [1.807, 2.05) is 6.92 Å². The number of ether oxygens (including phenoxy) is 3. The average Bonchev–Trinajstić information content (AvgIpc) is 2.42. The Labute approximate surface area is 85.4 Å². The predicted molar refractivity (Wildman–Crippen MR) is 49.7 cm³/mol. The van der Waals surface area contributed by atoms with Crippen LogP contribution in [-0.4, -0.2) is 23.3 Å². The normalized spacial score (nSPS) is 23.1. The third-order valence-corrected chi connectivity index (χ3v) is 2.03. The summed E-state index contributed by atoms with van der Waals surface area (Å²) in [4.78, 5) is 21.5. The molecule has 78 valence electrons. The van der Waals surface area contributed by atoms with E-state index in [4.69, 9.17) is 0 Å². The summed E-state index contributed by atoms with van der Waals surface area (Å²) in [7, 11) is 0. The fourth-order valence-electron chi connectivity index (χ4n) is 0.784. The maximum absolute atomic E-state index is 10.9. The maximum Gasteiger partial charge on any atom is 0.514 e.